The molecule has 1 aromatic heterocycles. The third-order valence-electron chi connectivity index (χ3n) is 2.46. The van der Waals surface area contributed by atoms with Crippen LogP contribution in [0.25, 0.3) is 0 Å². The lowest BCUT2D eigenvalue weighted by atomic mass is 10.2. The number of nitrogens with two attached hydrogens (primary N) is 1. The zero-order chi connectivity index (χ0) is 14.5. The monoisotopic (exact) mass is 328 g/mol. The summed E-state index contributed by atoms with van der Waals surface area (Å²) in [5.41, 5.74) is 6.14. The highest BCUT2D eigenvalue weighted by atomic mass is 35.5. The topological polar surface area (TPSA) is 80.9 Å². The molecule has 0 fully saturated rings. The van der Waals surface area contributed by atoms with Crippen molar-refractivity contribution in [2.24, 2.45) is 0 Å². The Morgan fingerprint density at radius 1 is 1.50 bits per heavy atom. The summed E-state index contributed by atoms with van der Waals surface area (Å²) in [6.07, 6.45) is 0.667. The van der Waals surface area contributed by atoms with E-state index in [1.165, 1.54) is 23.1 Å². The minimum absolute atomic E-state index is 0.112. The molecule has 20 heavy (non-hydrogen) atoms. The molecule has 2 aromatic rings. The van der Waals surface area contributed by atoms with E-state index in [0.717, 1.165) is 0 Å². The minimum atomic E-state index is -0.265. The second-order valence-corrected chi connectivity index (χ2v) is 6.76. The number of hydrogen-bond acceptors (Lipinski definition) is 6. The highest BCUT2D eigenvalue weighted by Gasteiger charge is 2.20. The Hall–Kier alpha value is -1.31. The lowest BCUT2D eigenvalue weighted by Gasteiger charge is -2.13. The van der Waals surface area contributed by atoms with E-state index in [1.807, 2.05) is 19.1 Å². The predicted octanol–water partition coefficient (Wildman–Crippen LogP) is 3.28. The van der Waals surface area contributed by atoms with Gasteiger partial charge in [0, 0.05) is 0 Å². The highest BCUT2D eigenvalue weighted by molar-refractivity contribution is 8.02. The van der Waals surface area contributed by atoms with Crippen LogP contribution in [0.4, 0.5) is 10.8 Å². The first-order valence-corrected chi connectivity index (χ1v) is 7.98. The second kappa shape index (κ2) is 6.92. The molecule has 0 aliphatic heterocycles. The summed E-state index contributed by atoms with van der Waals surface area (Å²) in [5.74, 6) is -0.112. The molecule has 1 unspecified atom stereocenters. The minimum Gasteiger partial charge on any atom is -0.374 e. The van der Waals surface area contributed by atoms with Gasteiger partial charge in [0.05, 0.1) is 16.0 Å². The number of para-hydroxylation sites is 1. The summed E-state index contributed by atoms with van der Waals surface area (Å²) in [6.45, 7) is 1.94. The SMILES string of the molecule is CCC(Sc1nnc(N)s1)C(=O)Nc1ccccc1Cl. The molecule has 0 radical (unpaired) electrons. The molecule has 0 saturated heterocycles. The fourth-order valence-electron chi connectivity index (χ4n) is 1.49. The number of anilines is 2. The largest absolute Gasteiger partial charge is 0.374 e. The highest BCUT2D eigenvalue weighted by Crippen LogP contribution is 2.30. The molecule has 1 amide bonds. The number of carbonyl (C=O) groups excluding carboxylic acids is 1. The molecule has 0 bridgehead atoms. The number of carbonyl (C=O) groups is 1. The van der Waals surface area contributed by atoms with E-state index in [9.17, 15) is 4.79 Å². The standard InChI is InChI=1S/C12H13ClN4OS2/c1-2-9(19-12-17-16-11(14)20-12)10(18)15-8-6-4-3-5-7(8)13/h3-6,9H,2H2,1H3,(H2,14,16)(H,15,18). The molecule has 2 rings (SSSR count). The van der Waals surface area contributed by atoms with Crippen LogP contribution >= 0.6 is 34.7 Å². The molecule has 0 saturated carbocycles. The van der Waals surface area contributed by atoms with Gasteiger partial charge in [-0.2, -0.15) is 0 Å². The van der Waals surface area contributed by atoms with Crippen molar-refractivity contribution in [3.8, 4) is 0 Å². The van der Waals surface area contributed by atoms with Crippen molar-refractivity contribution in [3.05, 3.63) is 29.3 Å². The lowest BCUT2D eigenvalue weighted by Crippen LogP contribution is -2.24. The van der Waals surface area contributed by atoms with Gasteiger partial charge in [-0.3, -0.25) is 4.79 Å². The summed E-state index contributed by atoms with van der Waals surface area (Å²) in [6, 6.07) is 7.13. The van der Waals surface area contributed by atoms with Crippen LogP contribution in [0.3, 0.4) is 0 Å². The zero-order valence-electron chi connectivity index (χ0n) is 10.7. The fourth-order valence-corrected chi connectivity index (χ4v) is 3.47. The number of halogens is 1. The third-order valence-corrected chi connectivity index (χ3v) is 4.99. The average Bonchev–Trinajstić information content (AvgIpc) is 2.84. The van der Waals surface area contributed by atoms with Gasteiger partial charge in [-0.25, -0.2) is 0 Å². The van der Waals surface area contributed by atoms with Gasteiger partial charge in [-0.15, -0.1) is 10.2 Å². The first-order valence-electron chi connectivity index (χ1n) is 5.91. The van der Waals surface area contributed by atoms with Gasteiger partial charge in [0.25, 0.3) is 0 Å². The van der Waals surface area contributed by atoms with Crippen LogP contribution in [0.5, 0.6) is 0 Å². The van der Waals surface area contributed by atoms with Crippen LogP contribution < -0.4 is 11.1 Å². The molecule has 3 N–H and O–H groups in total. The summed E-state index contributed by atoms with van der Waals surface area (Å²) in [7, 11) is 0. The predicted molar refractivity (Wildman–Crippen MR) is 84.3 cm³/mol. The van der Waals surface area contributed by atoms with E-state index < -0.39 is 0 Å². The first-order chi connectivity index (χ1) is 9.60. The Labute approximate surface area is 129 Å². The van der Waals surface area contributed by atoms with Gasteiger partial charge in [0.15, 0.2) is 4.34 Å². The van der Waals surface area contributed by atoms with Crippen LogP contribution in [-0.4, -0.2) is 21.4 Å². The van der Waals surface area contributed by atoms with Crippen molar-refractivity contribution in [2.75, 3.05) is 11.1 Å². The number of nitrogens with one attached hydrogen (secondary N) is 1. The van der Waals surface area contributed by atoms with Crippen LogP contribution in [0.15, 0.2) is 28.6 Å². The molecular formula is C12H13ClN4OS2. The number of thioether (sulfide) groups is 1. The van der Waals surface area contributed by atoms with Crippen molar-refractivity contribution in [2.45, 2.75) is 22.9 Å². The summed E-state index contributed by atoms with van der Waals surface area (Å²) < 4.78 is 0.684. The lowest BCUT2D eigenvalue weighted by molar-refractivity contribution is -0.115. The van der Waals surface area contributed by atoms with Crippen molar-refractivity contribution in [1.82, 2.24) is 10.2 Å². The van der Waals surface area contributed by atoms with Gasteiger partial charge in [-0.05, 0) is 18.6 Å². The van der Waals surface area contributed by atoms with E-state index in [4.69, 9.17) is 17.3 Å². The van der Waals surface area contributed by atoms with Gasteiger partial charge in [0.1, 0.15) is 0 Å². The van der Waals surface area contributed by atoms with Gasteiger partial charge in [0.2, 0.25) is 11.0 Å². The molecule has 0 aliphatic rings. The number of amides is 1. The van der Waals surface area contributed by atoms with Gasteiger partial charge in [-0.1, -0.05) is 53.8 Å². The maximum Gasteiger partial charge on any atom is 0.237 e. The number of aromatic nitrogens is 2. The maximum atomic E-state index is 12.2. The Balaban J connectivity index is 2.04. The zero-order valence-corrected chi connectivity index (χ0v) is 13.1. The van der Waals surface area contributed by atoms with Crippen molar-refractivity contribution in [3.63, 3.8) is 0 Å². The second-order valence-electron chi connectivity index (χ2n) is 3.89. The molecule has 0 spiro atoms. The van der Waals surface area contributed by atoms with Crippen LogP contribution in [-0.2, 0) is 4.79 Å². The molecule has 1 heterocycles. The number of nitrogens with zero attached hydrogens (tertiary/aromatic N) is 2. The number of hydrogen-bond donors (Lipinski definition) is 2. The Morgan fingerprint density at radius 3 is 2.85 bits per heavy atom. The fraction of sp³-hybridized carbons (Fsp3) is 0.250. The summed E-state index contributed by atoms with van der Waals surface area (Å²) in [4.78, 5) is 12.2. The molecule has 1 atom stereocenters. The van der Waals surface area contributed by atoms with Gasteiger partial charge >= 0.3 is 0 Å². The van der Waals surface area contributed by atoms with Crippen molar-refractivity contribution < 1.29 is 4.79 Å². The van der Waals surface area contributed by atoms with Crippen molar-refractivity contribution in [1.29, 1.82) is 0 Å². The third kappa shape index (κ3) is 3.84. The van der Waals surface area contributed by atoms with E-state index in [2.05, 4.69) is 15.5 Å². The smallest absolute Gasteiger partial charge is 0.237 e. The van der Waals surface area contributed by atoms with E-state index in [0.29, 0.717) is 26.6 Å². The Morgan fingerprint density at radius 2 is 2.25 bits per heavy atom. The summed E-state index contributed by atoms with van der Waals surface area (Å²) >= 11 is 8.64. The maximum absolute atomic E-state index is 12.2. The van der Waals surface area contributed by atoms with E-state index in [1.54, 1.807) is 12.1 Å². The van der Waals surface area contributed by atoms with E-state index in [-0.39, 0.29) is 11.2 Å². The Kier molecular flexibility index (Phi) is 5.22. The quantitative estimate of drug-likeness (QED) is 0.823. The normalized spacial score (nSPS) is 12.1. The molecule has 0 aliphatic carbocycles. The van der Waals surface area contributed by atoms with Crippen molar-refractivity contribution >= 4 is 51.4 Å². The van der Waals surface area contributed by atoms with Crippen LogP contribution in [0.1, 0.15) is 13.3 Å². The molecule has 8 heteroatoms. The van der Waals surface area contributed by atoms with E-state index >= 15 is 0 Å². The number of rotatable bonds is 5. The first kappa shape index (κ1) is 15.1. The van der Waals surface area contributed by atoms with Crippen LogP contribution in [0.2, 0.25) is 5.02 Å². The molecular weight excluding hydrogens is 316 g/mol. The molecule has 1 aromatic carbocycles. The van der Waals surface area contributed by atoms with Crippen LogP contribution in [0, 0.1) is 0 Å². The number of benzene rings is 1. The van der Waals surface area contributed by atoms with Gasteiger partial charge < -0.3 is 11.1 Å². The molecule has 106 valence electrons. The number of nitrogen functional groups attached to an aromatic ring is 1. The molecule has 5 nitrogen and oxygen atoms in total. The summed E-state index contributed by atoms with van der Waals surface area (Å²) in [5, 5.41) is 11.1. The Bertz CT molecular complexity index is 605. The average molecular weight is 329 g/mol.